The number of anilines is 1. The van der Waals surface area contributed by atoms with Gasteiger partial charge in [-0.25, -0.2) is 21.5 Å². The Labute approximate surface area is 124 Å². The van der Waals surface area contributed by atoms with Crippen LogP contribution in [0.2, 0.25) is 0 Å². The molecule has 0 atom stereocenters. The molecule has 0 amide bonds. The van der Waals surface area contributed by atoms with E-state index in [1.807, 2.05) is 0 Å². The lowest BCUT2D eigenvalue weighted by atomic mass is 10.1. The molecule has 0 spiro atoms. The summed E-state index contributed by atoms with van der Waals surface area (Å²) in [6.07, 6.45) is 0.351. The highest BCUT2D eigenvalue weighted by Gasteiger charge is 2.35. The molecule has 1 aromatic heterocycles. The standard InChI is InChI=1S/C13H11F2NO5S/c14-8-3-2-7(6-9(8)15)12-10(17)11(18)13(21-12)16-4-1-5-22(16,19)20/h2-3,6,17-18H,1,4-5H2. The van der Waals surface area contributed by atoms with Gasteiger partial charge in [0.05, 0.1) is 5.75 Å². The number of halogens is 2. The van der Waals surface area contributed by atoms with Crippen LogP contribution in [0.1, 0.15) is 6.42 Å². The summed E-state index contributed by atoms with van der Waals surface area (Å²) in [6, 6.07) is 2.74. The lowest BCUT2D eigenvalue weighted by Gasteiger charge is -2.12. The maximum Gasteiger partial charge on any atom is 0.256 e. The molecule has 2 N–H and O–H groups in total. The quantitative estimate of drug-likeness (QED) is 0.880. The fourth-order valence-electron chi connectivity index (χ4n) is 2.27. The number of hydrogen-bond acceptors (Lipinski definition) is 5. The number of nitrogens with zero attached hydrogens (tertiary/aromatic N) is 1. The van der Waals surface area contributed by atoms with E-state index >= 15 is 0 Å². The summed E-state index contributed by atoms with van der Waals surface area (Å²) >= 11 is 0. The van der Waals surface area contributed by atoms with Gasteiger partial charge in [-0.15, -0.1) is 0 Å². The van der Waals surface area contributed by atoms with Gasteiger partial charge in [0, 0.05) is 12.1 Å². The van der Waals surface area contributed by atoms with E-state index in [4.69, 9.17) is 4.42 Å². The van der Waals surface area contributed by atoms with Gasteiger partial charge < -0.3 is 14.6 Å². The minimum absolute atomic E-state index is 0.0328. The smallest absolute Gasteiger partial charge is 0.256 e. The van der Waals surface area contributed by atoms with Crippen molar-refractivity contribution in [1.82, 2.24) is 0 Å². The maximum atomic E-state index is 13.3. The Balaban J connectivity index is 2.12. The summed E-state index contributed by atoms with van der Waals surface area (Å²) in [6.45, 7) is 0.0973. The summed E-state index contributed by atoms with van der Waals surface area (Å²) < 4.78 is 55.9. The van der Waals surface area contributed by atoms with E-state index in [0.29, 0.717) is 6.42 Å². The molecule has 2 aromatic rings. The summed E-state index contributed by atoms with van der Waals surface area (Å²) in [5.74, 6) is -4.62. The van der Waals surface area contributed by atoms with Crippen LogP contribution < -0.4 is 4.31 Å². The first-order chi connectivity index (χ1) is 10.3. The Morgan fingerprint density at radius 3 is 2.45 bits per heavy atom. The Morgan fingerprint density at radius 2 is 1.86 bits per heavy atom. The molecule has 0 saturated carbocycles. The van der Waals surface area contributed by atoms with Crippen molar-refractivity contribution < 1.29 is 31.8 Å². The van der Waals surface area contributed by atoms with Gasteiger partial charge in [-0.2, -0.15) is 0 Å². The molecule has 118 valence electrons. The van der Waals surface area contributed by atoms with Gasteiger partial charge in [0.2, 0.25) is 21.5 Å². The third-order valence-corrected chi connectivity index (χ3v) is 5.17. The maximum absolute atomic E-state index is 13.3. The minimum atomic E-state index is -3.63. The zero-order valence-electron chi connectivity index (χ0n) is 11.1. The van der Waals surface area contributed by atoms with Crippen LogP contribution in [-0.4, -0.2) is 30.9 Å². The monoisotopic (exact) mass is 331 g/mol. The average molecular weight is 331 g/mol. The van der Waals surface area contributed by atoms with Crippen molar-refractivity contribution in [1.29, 1.82) is 0 Å². The van der Waals surface area contributed by atoms with Gasteiger partial charge in [-0.05, 0) is 24.6 Å². The van der Waals surface area contributed by atoms with Crippen molar-refractivity contribution in [2.75, 3.05) is 16.6 Å². The molecule has 1 aromatic carbocycles. The highest BCUT2D eigenvalue weighted by atomic mass is 32.2. The first kappa shape index (κ1) is 14.6. The topological polar surface area (TPSA) is 91.0 Å². The largest absolute Gasteiger partial charge is 0.502 e. The van der Waals surface area contributed by atoms with Gasteiger partial charge in [0.25, 0.3) is 5.88 Å². The Kier molecular flexibility index (Phi) is 3.24. The average Bonchev–Trinajstić information content (AvgIpc) is 2.94. The van der Waals surface area contributed by atoms with Gasteiger partial charge >= 0.3 is 0 Å². The Bertz CT molecular complexity index is 846. The second-order valence-electron chi connectivity index (χ2n) is 4.80. The molecule has 0 bridgehead atoms. The molecule has 1 fully saturated rings. The lowest BCUT2D eigenvalue weighted by Crippen LogP contribution is -2.24. The fourth-order valence-corrected chi connectivity index (χ4v) is 3.77. The van der Waals surface area contributed by atoms with E-state index in [1.54, 1.807) is 0 Å². The molecule has 0 aliphatic carbocycles. The molecule has 22 heavy (non-hydrogen) atoms. The minimum Gasteiger partial charge on any atom is -0.502 e. The predicted molar refractivity (Wildman–Crippen MR) is 73.1 cm³/mol. The third-order valence-electron chi connectivity index (χ3n) is 3.35. The van der Waals surface area contributed by atoms with E-state index in [-0.39, 0.29) is 23.6 Å². The number of aromatic hydroxyl groups is 2. The molecule has 0 unspecified atom stereocenters. The van der Waals surface area contributed by atoms with Crippen LogP contribution in [-0.2, 0) is 10.0 Å². The van der Waals surface area contributed by atoms with Crippen molar-refractivity contribution >= 4 is 15.9 Å². The zero-order valence-corrected chi connectivity index (χ0v) is 11.9. The van der Waals surface area contributed by atoms with E-state index in [0.717, 1.165) is 22.5 Å². The predicted octanol–water partition coefficient (Wildman–Crippen LogP) is 2.18. The van der Waals surface area contributed by atoms with Crippen LogP contribution >= 0.6 is 0 Å². The molecular formula is C13H11F2NO5S. The van der Waals surface area contributed by atoms with Crippen LogP contribution in [0, 0.1) is 11.6 Å². The molecule has 2 heterocycles. The van der Waals surface area contributed by atoms with Gasteiger partial charge in [-0.3, -0.25) is 0 Å². The third kappa shape index (κ3) is 2.17. The number of benzene rings is 1. The Hall–Kier alpha value is -2.29. The van der Waals surface area contributed by atoms with Gasteiger partial charge in [0.15, 0.2) is 17.4 Å². The van der Waals surface area contributed by atoms with Crippen LogP contribution in [0.25, 0.3) is 11.3 Å². The van der Waals surface area contributed by atoms with E-state index in [9.17, 15) is 27.4 Å². The second-order valence-corrected chi connectivity index (χ2v) is 6.82. The first-order valence-electron chi connectivity index (χ1n) is 6.32. The summed E-state index contributed by atoms with van der Waals surface area (Å²) in [4.78, 5) is 0. The SMILES string of the molecule is O=S1(=O)CCCN1c1oc(-c2ccc(F)c(F)c2)c(O)c1O. The van der Waals surface area contributed by atoms with Crippen LogP contribution in [0.15, 0.2) is 22.6 Å². The van der Waals surface area contributed by atoms with Crippen LogP contribution in [0.4, 0.5) is 14.7 Å². The van der Waals surface area contributed by atoms with Crippen molar-refractivity contribution in [3.63, 3.8) is 0 Å². The number of hydrogen-bond donors (Lipinski definition) is 2. The summed E-state index contributed by atoms with van der Waals surface area (Å²) in [5.41, 5.74) is -0.0328. The van der Waals surface area contributed by atoms with E-state index in [2.05, 4.69) is 0 Å². The van der Waals surface area contributed by atoms with Crippen molar-refractivity contribution in [3.05, 3.63) is 29.8 Å². The second kappa shape index (κ2) is 4.87. The van der Waals surface area contributed by atoms with Crippen molar-refractivity contribution in [2.45, 2.75) is 6.42 Å². The Morgan fingerprint density at radius 1 is 1.14 bits per heavy atom. The molecule has 0 radical (unpaired) electrons. The molecule has 3 rings (SSSR count). The number of sulfonamides is 1. The molecule has 1 saturated heterocycles. The molecule has 1 aliphatic rings. The van der Waals surface area contributed by atoms with E-state index in [1.165, 1.54) is 0 Å². The molecule has 6 nitrogen and oxygen atoms in total. The van der Waals surface area contributed by atoms with Crippen LogP contribution in [0.5, 0.6) is 11.5 Å². The highest BCUT2D eigenvalue weighted by Crippen LogP contribution is 2.48. The number of rotatable bonds is 2. The van der Waals surface area contributed by atoms with Gasteiger partial charge in [-0.1, -0.05) is 0 Å². The summed E-state index contributed by atoms with van der Waals surface area (Å²) in [7, 11) is -3.63. The van der Waals surface area contributed by atoms with Crippen molar-refractivity contribution in [3.8, 4) is 22.8 Å². The summed E-state index contributed by atoms with van der Waals surface area (Å²) in [5, 5.41) is 19.8. The van der Waals surface area contributed by atoms with Gasteiger partial charge in [0.1, 0.15) is 0 Å². The zero-order chi connectivity index (χ0) is 16.1. The van der Waals surface area contributed by atoms with Crippen LogP contribution in [0.3, 0.4) is 0 Å². The first-order valence-corrected chi connectivity index (χ1v) is 7.93. The molecule has 9 heteroatoms. The fraction of sp³-hybridized carbons (Fsp3) is 0.231. The molecule has 1 aliphatic heterocycles. The van der Waals surface area contributed by atoms with Crippen molar-refractivity contribution in [2.24, 2.45) is 0 Å². The lowest BCUT2D eigenvalue weighted by molar-refractivity contribution is 0.409. The highest BCUT2D eigenvalue weighted by molar-refractivity contribution is 7.93. The van der Waals surface area contributed by atoms with E-state index < -0.39 is 39.0 Å². The normalized spacial score (nSPS) is 17.1. The number of furan rings is 1. The molecular weight excluding hydrogens is 320 g/mol.